The van der Waals surface area contributed by atoms with E-state index in [2.05, 4.69) is 21.3 Å². The average Bonchev–Trinajstić information content (AvgIpc) is 2.94. The molecule has 0 radical (unpaired) electrons. The van der Waals surface area contributed by atoms with E-state index in [0.717, 1.165) is 6.54 Å². The first-order valence-corrected chi connectivity index (χ1v) is 12.2. The Hall–Kier alpha value is -5.51. The minimum Gasteiger partial charge on any atom is -0.322 e. The van der Waals surface area contributed by atoms with Crippen molar-refractivity contribution < 1.29 is 24.4 Å². The normalized spacial score (nSPS) is 10.3. The number of hydrogen-bond donors (Lipinski definition) is 6. The van der Waals surface area contributed by atoms with Crippen molar-refractivity contribution in [2.24, 2.45) is 5.73 Å². The molecule has 0 unspecified atom stereocenters. The number of aromatic nitrogens is 1. The Bertz CT molecular complexity index is 1500. The van der Waals surface area contributed by atoms with Gasteiger partial charge in [0.1, 0.15) is 12.2 Å². The molecule has 0 aliphatic heterocycles. The molecule has 10 heteroatoms. The topological polar surface area (TPSA) is 155 Å². The van der Waals surface area contributed by atoms with Crippen LogP contribution in [0.3, 0.4) is 0 Å². The fourth-order valence-corrected chi connectivity index (χ4v) is 3.68. The Morgan fingerprint density at radius 1 is 0.641 bits per heavy atom. The first kappa shape index (κ1) is 26.6. The maximum absolute atomic E-state index is 12.7. The molecule has 196 valence electrons. The third-order valence-corrected chi connectivity index (χ3v) is 5.73. The van der Waals surface area contributed by atoms with Gasteiger partial charge in [-0.1, -0.05) is 0 Å². The van der Waals surface area contributed by atoms with E-state index in [-0.39, 0.29) is 23.7 Å². The van der Waals surface area contributed by atoms with E-state index in [9.17, 15) is 14.4 Å². The van der Waals surface area contributed by atoms with Gasteiger partial charge in [0.05, 0.1) is 5.69 Å². The van der Waals surface area contributed by atoms with Crippen molar-refractivity contribution in [1.82, 2.24) is 0 Å². The predicted molar refractivity (Wildman–Crippen MR) is 150 cm³/mol. The maximum atomic E-state index is 12.7. The number of nitrogens with zero attached hydrogens (tertiary/aromatic N) is 1. The molecule has 0 fully saturated rings. The third-order valence-electron chi connectivity index (χ3n) is 5.73. The largest absolute Gasteiger partial charge is 0.343 e. The van der Waals surface area contributed by atoms with Crippen LogP contribution in [0.5, 0.6) is 0 Å². The number of rotatable bonds is 8. The molecule has 39 heavy (non-hydrogen) atoms. The van der Waals surface area contributed by atoms with Gasteiger partial charge < -0.3 is 16.0 Å². The maximum Gasteiger partial charge on any atom is 0.343 e. The fourth-order valence-electron chi connectivity index (χ4n) is 3.68. The van der Waals surface area contributed by atoms with Gasteiger partial charge in [0.2, 0.25) is 0 Å². The number of nitrogens with one attached hydrogen (secondary N) is 4. The number of aryl methyl sites for hydroxylation is 1. The van der Waals surface area contributed by atoms with E-state index in [1.165, 1.54) is 0 Å². The molecular weight excluding hydrogens is 494 g/mol. The summed E-state index contributed by atoms with van der Waals surface area (Å²) in [6, 6.07) is 23.5. The number of amides is 3. The molecule has 1 aromatic heterocycles. The average molecular weight is 524 g/mol. The Labute approximate surface area is 225 Å². The summed E-state index contributed by atoms with van der Waals surface area (Å²) >= 11 is 0. The first-order chi connectivity index (χ1) is 18.8. The second kappa shape index (κ2) is 12.2. The summed E-state index contributed by atoms with van der Waals surface area (Å²) in [5.41, 5.74) is 9.18. The van der Waals surface area contributed by atoms with Crippen LogP contribution >= 0.6 is 0 Å². The smallest absolute Gasteiger partial charge is 0.322 e. The third kappa shape index (κ3) is 7.26. The highest BCUT2D eigenvalue weighted by atomic mass is 16.2. The second-order valence-electron chi connectivity index (χ2n) is 8.60. The molecule has 0 atom stereocenters. The number of guanidine groups is 1. The number of hydrogen-bond acceptors (Lipinski definition) is 3. The molecule has 0 saturated heterocycles. The Morgan fingerprint density at radius 2 is 1.03 bits per heavy atom. The second-order valence-corrected chi connectivity index (χ2v) is 8.60. The Kier molecular flexibility index (Phi) is 8.27. The van der Waals surface area contributed by atoms with Crippen LogP contribution in [0.25, 0.3) is 0 Å². The fraction of sp³-hybridized carbons (Fsp3) is 0.0690. The lowest BCUT2D eigenvalue weighted by Crippen LogP contribution is -2.50. The summed E-state index contributed by atoms with van der Waals surface area (Å²) in [6.07, 6.45) is 3.78. The van der Waals surface area contributed by atoms with E-state index in [1.807, 2.05) is 36.0 Å². The molecule has 8 N–H and O–H groups in total. The summed E-state index contributed by atoms with van der Waals surface area (Å²) < 4.78 is 1.96. The van der Waals surface area contributed by atoms with Gasteiger partial charge in [-0.3, -0.25) is 25.5 Å². The summed E-state index contributed by atoms with van der Waals surface area (Å²) in [7, 11) is 0. The van der Waals surface area contributed by atoms with Crippen molar-refractivity contribution in [3.63, 3.8) is 0 Å². The van der Waals surface area contributed by atoms with Crippen LogP contribution in [0.15, 0.2) is 97.3 Å². The number of benzene rings is 3. The minimum absolute atomic E-state index is 0.0596. The van der Waals surface area contributed by atoms with Gasteiger partial charge >= 0.3 is 5.96 Å². The van der Waals surface area contributed by atoms with Crippen LogP contribution in [0.4, 0.5) is 22.7 Å². The Balaban J connectivity index is 1.31. The van der Waals surface area contributed by atoms with Crippen molar-refractivity contribution in [3.05, 3.63) is 114 Å². The minimum atomic E-state index is -0.322. The first-order valence-electron chi connectivity index (χ1n) is 12.2. The standard InChI is InChI=1S/C29H27N7O3/c1-2-36-17-3-4-25(18-36)34-28(39)21-7-13-23(14-8-21)32-26(37)19-5-11-22(12-6-19)33-27(38)20-9-15-24(16-10-20)35-29(30)31/h3-18H,2H2,1H3,(H6-,30,31,32,33,34,35,37,38,39)/p+2. The zero-order valence-electron chi connectivity index (χ0n) is 21.3. The highest BCUT2D eigenvalue weighted by Gasteiger charge is 2.12. The van der Waals surface area contributed by atoms with E-state index in [1.54, 1.807) is 72.8 Å². The molecule has 3 aromatic carbocycles. The number of pyridine rings is 1. The lowest BCUT2D eigenvalue weighted by atomic mass is 10.1. The quantitative estimate of drug-likeness (QED) is 0.119. The van der Waals surface area contributed by atoms with Gasteiger partial charge in [0.15, 0.2) is 12.4 Å². The monoisotopic (exact) mass is 523 g/mol. The van der Waals surface area contributed by atoms with Gasteiger partial charge in [-0.2, -0.15) is 0 Å². The number of anilines is 4. The van der Waals surface area contributed by atoms with E-state index in [4.69, 9.17) is 11.1 Å². The van der Waals surface area contributed by atoms with Crippen molar-refractivity contribution in [1.29, 1.82) is 0 Å². The summed E-state index contributed by atoms with van der Waals surface area (Å²) in [4.78, 5) is 37.8. The SMILES string of the molecule is CC[n+]1cccc(NC(=O)c2ccc(NC(=O)c3ccc(NC(=O)c4ccc(NC(N)=[NH2+])cc4)cc3)cc2)c1. The molecule has 0 bridgehead atoms. The molecule has 0 spiro atoms. The van der Waals surface area contributed by atoms with Crippen LogP contribution in [0.1, 0.15) is 38.0 Å². The molecule has 0 saturated carbocycles. The zero-order chi connectivity index (χ0) is 27.8. The molecule has 1 heterocycles. The highest BCUT2D eigenvalue weighted by molar-refractivity contribution is 6.07. The van der Waals surface area contributed by atoms with Crippen molar-refractivity contribution >= 4 is 46.4 Å². The Morgan fingerprint density at radius 3 is 1.41 bits per heavy atom. The predicted octanol–water partition coefficient (Wildman–Crippen LogP) is 2.24. The van der Waals surface area contributed by atoms with Gasteiger partial charge in [0, 0.05) is 34.1 Å². The van der Waals surface area contributed by atoms with Gasteiger partial charge in [-0.25, -0.2) is 9.88 Å². The molecular formula is C29H29N7O3+2. The summed E-state index contributed by atoms with van der Waals surface area (Å²) in [5, 5.41) is 16.6. The lowest BCUT2D eigenvalue weighted by Gasteiger charge is -2.09. The van der Waals surface area contributed by atoms with Crippen LogP contribution < -0.4 is 37.0 Å². The van der Waals surface area contributed by atoms with E-state index >= 15 is 0 Å². The molecule has 3 amide bonds. The van der Waals surface area contributed by atoms with Crippen LogP contribution in [-0.2, 0) is 6.54 Å². The van der Waals surface area contributed by atoms with Crippen molar-refractivity contribution in [3.8, 4) is 0 Å². The van der Waals surface area contributed by atoms with E-state index in [0.29, 0.717) is 39.4 Å². The summed E-state index contributed by atoms with van der Waals surface area (Å²) in [5.74, 6) is -0.808. The van der Waals surface area contributed by atoms with E-state index < -0.39 is 0 Å². The van der Waals surface area contributed by atoms with Crippen LogP contribution in [0.2, 0.25) is 0 Å². The van der Waals surface area contributed by atoms with Crippen molar-refractivity contribution in [2.45, 2.75) is 13.5 Å². The van der Waals surface area contributed by atoms with Gasteiger partial charge in [-0.15, -0.1) is 0 Å². The summed E-state index contributed by atoms with van der Waals surface area (Å²) in [6.45, 7) is 2.82. The van der Waals surface area contributed by atoms with Crippen molar-refractivity contribution in [2.75, 3.05) is 21.3 Å². The van der Waals surface area contributed by atoms with Gasteiger partial charge in [-0.05, 0) is 85.8 Å². The number of nitrogens with two attached hydrogens (primary N) is 2. The molecule has 0 aliphatic carbocycles. The van der Waals surface area contributed by atoms with Crippen LogP contribution in [0, 0.1) is 0 Å². The van der Waals surface area contributed by atoms with Gasteiger partial charge in [0.25, 0.3) is 17.7 Å². The molecule has 4 aromatic rings. The number of carbonyl (C=O) groups is 3. The lowest BCUT2D eigenvalue weighted by molar-refractivity contribution is -0.692. The number of carbonyl (C=O) groups excluding carboxylic acids is 3. The molecule has 10 nitrogen and oxygen atoms in total. The molecule has 4 rings (SSSR count). The van der Waals surface area contributed by atoms with Crippen LogP contribution in [-0.4, -0.2) is 23.7 Å². The molecule has 0 aliphatic rings. The zero-order valence-corrected chi connectivity index (χ0v) is 21.3. The highest BCUT2D eigenvalue weighted by Crippen LogP contribution is 2.16.